The molecule has 2 N–H and O–H groups in total. The summed E-state index contributed by atoms with van der Waals surface area (Å²) in [6.07, 6.45) is 9.83. The zero-order valence-corrected chi connectivity index (χ0v) is 32.9. The molecule has 1 aromatic rings. The number of hydrogen-bond acceptors (Lipinski definition) is 8. The van der Waals surface area contributed by atoms with Crippen molar-refractivity contribution in [2.45, 2.75) is 160 Å². The van der Waals surface area contributed by atoms with E-state index >= 15 is 0 Å². The van der Waals surface area contributed by atoms with E-state index < -0.39 is 60.5 Å². The quantitative estimate of drug-likeness (QED) is 0.282. The van der Waals surface area contributed by atoms with Crippen molar-refractivity contribution < 1.29 is 38.0 Å². The summed E-state index contributed by atoms with van der Waals surface area (Å²) in [6.45, 7) is 13.0. The Kier molecular flexibility index (Phi) is 10.9. The molecule has 8 rings (SSSR count). The van der Waals surface area contributed by atoms with Crippen molar-refractivity contribution in [3.63, 3.8) is 0 Å². The number of fused-ring (bicyclic) bond motifs is 2. The van der Waals surface area contributed by atoms with Gasteiger partial charge in [-0.2, -0.15) is 0 Å². The Morgan fingerprint density at radius 1 is 1.00 bits per heavy atom. The molecule has 4 amide bonds. The lowest BCUT2D eigenvalue weighted by molar-refractivity contribution is -0.185. The van der Waals surface area contributed by atoms with Gasteiger partial charge < -0.3 is 34.3 Å². The average Bonchev–Trinajstić information content (AvgIpc) is 3.83. The van der Waals surface area contributed by atoms with Crippen LogP contribution in [0.2, 0.25) is 0 Å². The van der Waals surface area contributed by atoms with E-state index in [1.54, 1.807) is 25.7 Å². The minimum Gasteiger partial charge on any atom is -0.444 e. The van der Waals surface area contributed by atoms with Crippen molar-refractivity contribution in [1.82, 2.24) is 20.4 Å². The maximum absolute atomic E-state index is 14.5. The van der Waals surface area contributed by atoms with Gasteiger partial charge in [-0.05, 0) is 94.6 Å². The molecule has 54 heavy (non-hydrogen) atoms. The second-order valence-electron chi connectivity index (χ2n) is 18.3. The van der Waals surface area contributed by atoms with E-state index in [1.165, 1.54) is 4.90 Å². The van der Waals surface area contributed by atoms with Crippen LogP contribution in [-0.2, 0) is 41.5 Å². The molecule has 13 heteroatoms. The molecule has 8 atom stereocenters. The normalized spacial score (nSPS) is 34.6. The van der Waals surface area contributed by atoms with E-state index in [4.69, 9.17) is 18.8 Å². The number of carbonyl (C=O) groups excluding carboxylic acids is 4. The second kappa shape index (κ2) is 15.2. The molecule has 2 saturated heterocycles. The van der Waals surface area contributed by atoms with Crippen LogP contribution in [0, 0.1) is 17.3 Å². The smallest absolute Gasteiger partial charge is 0.444 e. The van der Waals surface area contributed by atoms with E-state index in [0.29, 0.717) is 31.3 Å². The third-order valence-electron chi connectivity index (χ3n) is 12.9. The maximum Gasteiger partial charge on any atom is 0.481 e. The van der Waals surface area contributed by atoms with Gasteiger partial charge in [-0.3, -0.25) is 14.5 Å². The number of ether oxygens (including phenoxy) is 2. The van der Waals surface area contributed by atoms with Gasteiger partial charge in [-0.1, -0.05) is 69.5 Å². The number of alkyl carbamates (subject to hydrolysis) is 1. The minimum atomic E-state index is -0.989. The van der Waals surface area contributed by atoms with Crippen molar-refractivity contribution >= 4 is 31.1 Å². The van der Waals surface area contributed by atoms with Gasteiger partial charge in [0.1, 0.15) is 23.8 Å². The van der Waals surface area contributed by atoms with E-state index in [0.717, 1.165) is 56.1 Å². The summed E-state index contributed by atoms with van der Waals surface area (Å²) in [5.74, 6) is -0.226. The number of amides is 4. The lowest BCUT2D eigenvalue weighted by Gasteiger charge is -2.63. The highest BCUT2D eigenvalue weighted by atomic mass is 16.7. The van der Waals surface area contributed by atoms with Crippen molar-refractivity contribution in [2.24, 2.45) is 17.3 Å². The Hall–Kier alpha value is -3.58. The number of nitrogens with one attached hydrogen (secondary N) is 2. The SMILES string of the molecule is CC(C)(C)OC(=O)N[C@H]1C/C=C/CCCCCC[C@@H](B2O[C@@H]3[C@@H]4C[C@H](C[C@]3(C)O2)C4(C)C)NC(=O)[C@@H]2C[C@@H](OC(=O)N3Cc4ccccc4C3)CN2C1=O. The summed E-state index contributed by atoms with van der Waals surface area (Å²) in [6, 6.07) is 5.96. The molecule has 3 aliphatic carbocycles. The van der Waals surface area contributed by atoms with Crippen LogP contribution in [0.1, 0.15) is 117 Å². The molecule has 0 aromatic heterocycles. The Balaban J connectivity index is 1.12. The highest BCUT2D eigenvalue weighted by Gasteiger charge is 2.67. The lowest BCUT2D eigenvalue weighted by atomic mass is 9.45. The molecular weight excluding hydrogens is 687 g/mol. The summed E-state index contributed by atoms with van der Waals surface area (Å²) in [7, 11) is -0.613. The molecule has 294 valence electrons. The van der Waals surface area contributed by atoms with E-state index in [9.17, 15) is 19.2 Å². The zero-order chi connectivity index (χ0) is 38.4. The summed E-state index contributed by atoms with van der Waals surface area (Å²) >= 11 is 0. The maximum atomic E-state index is 14.5. The van der Waals surface area contributed by atoms with Crippen LogP contribution in [-0.4, -0.2) is 88.9 Å². The van der Waals surface area contributed by atoms with Crippen molar-refractivity contribution in [3.05, 3.63) is 47.5 Å². The first kappa shape index (κ1) is 38.7. The fourth-order valence-electron chi connectivity index (χ4n) is 9.73. The van der Waals surface area contributed by atoms with Crippen molar-refractivity contribution in [2.75, 3.05) is 6.54 Å². The Morgan fingerprint density at radius 3 is 2.43 bits per heavy atom. The first-order valence-corrected chi connectivity index (χ1v) is 20.2. The van der Waals surface area contributed by atoms with Gasteiger partial charge in [0.15, 0.2) is 0 Å². The lowest BCUT2D eigenvalue weighted by Crippen LogP contribution is -2.63. The number of benzene rings is 1. The highest BCUT2D eigenvalue weighted by molar-refractivity contribution is 6.48. The molecule has 7 aliphatic rings. The summed E-state index contributed by atoms with van der Waals surface area (Å²) in [5.41, 5.74) is 1.15. The summed E-state index contributed by atoms with van der Waals surface area (Å²) < 4.78 is 25.1. The predicted octanol–water partition coefficient (Wildman–Crippen LogP) is 6.05. The number of hydrogen-bond donors (Lipinski definition) is 2. The predicted molar refractivity (Wildman–Crippen MR) is 203 cm³/mol. The molecule has 0 spiro atoms. The molecule has 12 nitrogen and oxygen atoms in total. The second-order valence-corrected chi connectivity index (χ2v) is 18.3. The van der Waals surface area contributed by atoms with Crippen LogP contribution in [0.5, 0.6) is 0 Å². The van der Waals surface area contributed by atoms with Crippen LogP contribution >= 0.6 is 0 Å². The Labute approximate surface area is 320 Å². The number of nitrogens with zero attached hydrogens (tertiary/aromatic N) is 2. The van der Waals surface area contributed by atoms with E-state index in [1.807, 2.05) is 36.4 Å². The van der Waals surface area contributed by atoms with Gasteiger partial charge >= 0.3 is 19.3 Å². The molecule has 4 heterocycles. The summed E-state index contributed by atoms with van der Waals surface area (Å²) in [5, 5.41) is 6.05. The molecule has 3 saturated carbocycles. The van der Waals surface area contributed by atoms with Crippen LogP contribution in [0.15, 0.2) is 36.4 Å². The number of allylic oxidation sites excluding steroid dienone is 1. The standard InChI is InChI=1S/C41H59BN4O8/c1-39(2,3)52-37(49)43-31-18-12-10-8-7-9-11-13-19-33(42-53-34-30-20-28(40(30,4)5)22-41(34,6)54-42)44-35(47)32-21-29(25-46(32)36(31)48)51-38(50)45-23-26-16-14-15-17-27(26)24-45/h10,12,14-17,28-34H,7-9,11,13,18-25H2,1-6H3,(H,43,49)(H,44,47)/b12-10+/t28-,29-,30+,31+,32+,33+,34-,41+/m1/s1. The van der Waals surface area contributed by atoms with E-state index in [-0.39, 0.29) is 36.8 Å². The average molecular weight is 747 g/mol. The molecule has 0 unspecified atom stereocenters. The molecule has 5 fully saturated rings. The van der Waals surface area contributed by atoms with Gasteiger partial charge in [0.2, 0.25) is 11.8 Å². The van der Waals surface area contributed by atoms with Crippen LogP contribution in [0.25, 0.3) is 0 Å². The van der Waals surface area contributed by atoms with Gasteiger partial charge in [-0.15, -0.1) is 0 Å². The zero-order valence-electron chi connectivity index (χ0n) is 32.9. The van der Waals surface area contributed by atoms with Gasteiger partial charge in [0, 0.05) is 19.5 Å². The summed E-state index contributed by atoms with van der Waals surface area (Å²) in [4.78, 5) is 58.7. The molecule has 4 aliphatic heterocycles. The molecular formula is C41H59BN4O8. The van der Waals surface area contributed by atoms with Gasteiger partial charge in [0.25, 0.3) is 0 Å². The Bertz CT molecular complexity index is 1600. The first-order valence-electron chi connectivity index (χ1n) is 20.2. The molecule has 1 aromatic carbocycles. The van der Waals surface area contributed by atoms with Crippen molar-refractivity contribution in [3.8, 4) is 0 Å². The van der Waals surface area contributed by atoms with Crippen LogP contribution < -0.4 is 10.6 Å². The Morgan fingerprint density at radius 2 is 1.72 bits per heavy atom. The monoisotopic (exact) mass is 746 g/mol. The first-order chi connectivity index (χ1) is 25.6. The largest absolute Gasteiger partial charge is 0.481 e. The minimum absolute atomic E-state index is 0.0129. The van der Waals surface area contributed by atoms with Crippen LogP contribution in [0.3, 0.4) is 0 Å². The number of carbonyl (C=O) groups is 4. The topological polar surface area (TPSA) is 136 Å². The fraction of sp³-hybridized carbons (Fsp3) is 0.707. The van der Waals surface area contributed by atoms with E-state index in [2.05, 4.69) is 31.4 Å². The molecule has 0 radical (unpaired) electrons. The van der Waals surface area contributed by atoms with Gasteiger partial charge in [-0.25, -0.2) is 9.59 Å². The third-order valence-corrected chi connectivity index (χ3v) is 12.9. The number of rotatable bonds is 3. The fourth-order valence-corrected chi connectivity index (χ4v) is 9.73. The highest BCUT2D eigenvalue weighted by Crippen LogP contribution is 2.64. The van der Waals surface area contributed by atoms with Crippen molar-refractivity contribution in [1.29, 1.82) is 0 Å². The van der Waals surface area contributed by atoms with Gasteiger partial charge in [0.05, 0.1) is 24.2 Å². The van der Waals surface area contributed by atoms with Crippen LogP contribution in [0.4, 0.5) is 9.59 Å². The molecule has 2 bridgehead atoms. The third kappa shape index (κ3) is 8.04.